The molecule has 0 aliphatic heterocycles. The van der Waals surface area contributed by atoms with Crippen LogP contribution in [0.15, 0.2) is 127 Å². The molecule has 222 valence electrons. The Hall–Kier alpha value is -4.89. The summed E-state index contributed by atoms with van der Waals surface area (Å²) in [4.78, 5) is 14.9. The molecule has 11 rings (SSSR count). The third kappa shape index (κ3) is 3.81. The van der Waals surface area contributed by atoms with Crippen molar-refractivity contribution in [3.63, 3.8) is 0 Å². The Morgan fingerprint density at radius 3 is 1.43 bits per heavy atom. The number of benzene rings is 5. The molecule has 5 aliphatic rings. The summed E-state index contributed by atoms with van der Waals surface area (Å²) < 4.78 is 0. The van der Waals surface area contributed by atoms with E-state index in [4.69, 9.17) is 15.0 Å². The van der Waals surface area contributed by atoms with Gasteiger partial charge in [-0.25, -0.2) is 15.0 Å². The van der Waals surface area contributed by atoms with E-state index in [2.05, 4.69) is 91.0 Å². The summed E-state index contributed by atoms with van der Waals surface area (Å²) in [6, 6.07) is 45.9. The van der Waals surface area contributed by atoms with Crippen molar-refractivity contribution in [1.29, 1.82) is 0 Å². The van der Waals surface area contributed by atoms with Crippen LogP contribution in [0.25, 0.3) is 56.4 Å². The van der Waals surface area contributed by atoms with Crippen LogP contribution in [-0.4, -0.2) is 15.0 Å². The summed E-state index contributed by atoms with van der Waals surface area (Å²) >= 11 is 0. The van der Waals surface area contributed by atoms with E-state index in [0.29, 0.717) is 17.5 Å². The van der Waals surface area contributed by atoms with Crippen LogP contribution in [0.1, 0.15) is 43.2 Å². The number of rotatable bonds is 4. The van der Waals surface area contributed by atoms with Crippen molar-refractivity contribution in [3.8, 4) is 56.4 Å². The van der Waals surface area contributed by atoms with Gasteiger partial charge < -0.3 is 0 Å². The summed E-state index contributed by atoms with van der Waals surface area (Å²) in [5.74, 6) is 5.42. The predicted molar refractivity (Wildman–Crippen MR) is 185 cm³/mol. The van der Waals surface area contributed by atoms with Gasteiger partial charge >= 0.3 is 0 Å². The molecule has 0 radical (unpaired) electrons. The van der Waals surface area contributed by atoms with Gasteiger partial charge in [-0.05, 0) is 89.2 Å². The molecule has 1 aromatic heterocycles. The van der Waals surface area contributed by atoms with Gasteiger partial charge in [0.1, 0.15) is 0 Å². The Kier molecular flexibility index (Phi) is 5.76. The van der Waals surface area contributed by atoms with E-state index in [0.717, 1.165) is 40.4 Å². The average molecular weight is 594 g/mol. The Morgan fingerprint density at radius 1 is 0.391 bits per heavy atom. The van der Waals surface area contributed by atoms with Crippen LogP contribution in [0.4, 0.5) is 0 Å². The summed E-state index contributed by atoms with van der Waals surface area (Å²) in [5, 5.41) is 0. The van der Waals surface area contributed by atoms with Gasteiger partial charge in [-0.3, -0.25) is 0 Å². The lowest BCUT2D eigenvalue weighted by atomic mass is 9.42. The standard InChI is InChI=1S/C43H35N3/c1-3-10-30(11-4-1)40-44-41(31-12-5-2-6-13-31)46-42(45-40)32-20-18-29(19-21-32)35-15-9-16-37-36-14-7-8-17-38(36)43(39(35)37)33-23-27-22-28(25-33)26-34(43)24-27/h1-21,27-28,33-34H,22-26H2. The predicted octanol–water partition coefficient (Wildman–Crippen LogP) is 10.3. The summed E-state index contributed by atoms with van der Waals surface area (Å²) in [6.45, 7) is 0. The molecule has 0 amide bonds. The zero-order valence-electron chi connectivity index (χ0n) is 25.8. The third-order valence-electron chi connectivity index (χ3n) is 11.7. The molecule has 0 N–H and O–H groups in total. The zero-order valence-corrected chi connectivity index (χ0v) is 25.8. The van der Waals surface area contributed by atoms with Crippen LogP contribution < -0.4 is 0 Å². The molecule has 4 saturated carbocycles. The highest BCUT2D eigenvalue weighted by Gasteiger charge is 2.62. The first kappa shape index (κ1) is 26.3. The molecule has 46 heavy (non-hydrogen) atoms. The van der Waals surface area contributed by atoms with Crippen LogP contribution in [0.5, 0.6) is 0 Å². The van der Waals surface area contributed by atoms with Gasteiger partial charge in [-0.2, -0.15) is 0 Å². The molecule has 0 atom stereocenters. The maximum absolute atomic E-state index is 4.98. The molecule has 4 fully saturated rings. The second-order valence-electron chi connectivity index (χ2n) is 14.1. The first-order valence-electron chi connectivity index (χ1n) is 17.0. The molecule has 5 aliphatic carbocycles. The van der Waals surface area contributed by atoms with Crippen molar-refractivity contribution in [1.82, 2.24) is 15.0 Å². The average Bonchev–Trinajstić information content (AvgIpc) is 3.42. The molecule has 5 aromatic carbocycles. The molecular weight excluding hydrogens is 558 g/mol. The van der Waals surface area contributed by atoms with Crippen molar-refractivity contribution in [2.75, 3.05) is 0 Å². The van der Waals surface area contributed by atoms with E-state index in [9.17, 15) is 0 Å². The minimum absolute atomic E-state index is 0.137. The molecule has 6 aromatic rings. The molecule has 0 unspecified atom stereocenters. The second kappa shape index (κ2) is 10.1. The molecular formula is C43H35N3. The fourth-order valence-electron chi connectivity index (χ4n) is 10.2. The number of fused-ring (bicyclic) bond motifs is 3. The maximum Gasteiger partial charge on any atom is 0.164 e. The lowest BCUT2D eigenvalue weighted by Crippen LogP contribution is -2.55. The minimum Gasteiger partial charge on any atom is -0.208 e. The molecule has 3 nitrogen and oxygen atoms in total. The smallest absolute Gasteiger partial charge is 0.164 e. The van der Waals surface area contributed by atoms with E-state index in [1.54, 1.807) is 11.1 Å². The molecule has 3 heteroatoms. The Morgan fingerprint density at radius 2 is 0.848 bits per heavy atom. The van der Waals surface area contributed by atoms with E-state index < -0.39 is 0 Å². The van der Waals surface area contributed by atoms with Crippen molar-refractivity contribution in [2.24, 2.45) is 23.7 Å². The molecule has 1 spiro atoms. The van der Waals surface area contributed by atoms with Gasteiger partial charge in [0.25, 0.3) is 0 Å². The summed E-state index contributed by atoms with van der Waals surface area (Å²) in [7, 11) is 0. The topological polar surface area (TPSA) is 38.7 Å². The number of hydrogen-bond acceptors (Lipinski definition) is 3. The Labute approximate surface area is 270 Å². The Bertz CT molecular complexity index is 2010. The van der Waals surface area contributed by atoms with Gasteiger partial charge in [0.05, 0.1) is 0 Å². The SMILES string of the molecule is c1ccc(-c2nc(-c3ccccc3)nc(-c3ccc(-c4cccc5c4C4(c6ccccc6-5)C5CC6CC(C5)CC4C6)cc3)n2)cc1. The summed E-state index contributed by atoms with van der Waals surface area (Å²) in [5.41, 5.74) is 11.9. The number of nitrogens with zero attached hydrogens (tertiary/aromatic N) is 3. The van der Waals surface area contributed by atoms with Crippen LogP contribution in [0, 0.1) is 23.7 Å². The monoisotopic (exact) mass is 593 g/mol. The summed E-state index contributed by atoms with van der Waals surface area (Å²) in [6.07, 6.45) is 7.03. The number of aromatic nitrogens is 3. The fraction of sp³-hybridized carbons (Fsp3) is 0.233. The van der Waals surface area contributed by atoms with E-state index in [1.807, 2.05) is 36.4 Å². The van der Waals surface area contributed by atoms with E-state index in [1.165, 1.54) is 54.4 Å². The molecule has 0 saturated heterocycles. The van der Waals surface area contributed by atoms with Gasteiger partial charge in [0, 0.05) is 22.1 Å². The third-order valence-corrected chi connectivity index (χ3v) is 11.7. The highest BCUT2D eigenvalue weighted by Crippen LogP contribution is 2.70. The van der Waals surface area contributed by atoms with Crippen molar-refractivity contribution in [2.45, 2.75) is 37.5 Å². The zero-order chi connectivity index (χ0) is 30.2. The maximum atomic E-state index is 4.98. The molecule has 4 bridgehead atoms. The first-order chi connectivity index (χ1) is 22.8. The number of hydrogen-bond donors (Lipinski definition) is 0. The van der Waals surface area contributed by atoms with Gasteiger partial charge in [0.2, 0.25) is 0 Å². The fourth-order valence-corrected chi connectivity index (χ4v) is 10.2. The van der Waals surface area contributed by atoms with E-state index in [-0.39, 0.29) is 5.41 Å². The minimum atomic E-state index is 0.137. The lowest BCUT2D eigenvalue weighted by molar-refractivity contribution is -0.0397. The van der Waals surface area contributed by atoms with Gasteiger partial charge in [-0.15, -0.1) is 0 Å². The van der Waals surface area contributed by atoms with Crippen molar-refractivity contribution < 1.29 is 0 Å². The second-order valence-corrected chi connectivity index (χ2v) is 14.1. The lowest BCUT2D eigenvalue weighted by Gasteiger charge is -2.61. The highest BCUT2D eigenvalue weighted by atomic mass is 15.0. The van der Waals surface area contributed by atoms with Crippen LogP contribution >= 0.6 is 0 Å². The van der Waals surface area contributed by atoms with Crippen LogP contribution in [-0.2, 0) is 5.41 Å². The largest absolute Gasteiger partial charge is 0.208 e. The van der Waals surface area contributed by atoms with Crippen molar-refractivity contribution in [3.05, 3.63) is 139 Å². The Balaban J connectivity index is 1.10. The van der Waals surface area contributed by atoms with Crippen molar-refractivity contribution >= 4 is 0 Å². The van der Waals surface area contributed by atoms with Crippen LogP contribution in [0.2, 0.25) is 0 Å². The normalized spacial score (nSPS) is 25.0. The highest BCUT2D eigenvalue weighted by molar-refractivity contribution is 5.89. The van der Waals surface area contributed by atoms with Gasteiger partial charge in [0.15, 0.2) is 17.5 Å². The quantitative estimate of drug-likeness (QED) is 0.204. The first-order valence-corrected chi connectivity index (χ1v) is 17.0. The van der Waals surface area contributed by atoms with Crippen LogP contribution in [0.3, 0.4) is 0 Å². The van der Waals surface area contributed by atoms with Gasteiger partial charge in [-0.1, -0.05) is 127 Å². The molecule has 1 heterocycles. The van der Waals surface area contributed by atoms with E-state index >= 15 is 0 Å².